The number of benzene rings is 2. The molecule has 0 aliphatic carbocycles. The third kappa shape index (κ3) is 2.71. The predicted octanol–water partition coefficient (Wildman–Crippen LogP) is 3.61. The number of carboxylic acid groups (broad SMARTS) is 1. The van der Waals surface area contributed by atoms with Crippen LogP contribution in [0.2, 0.25) is 5.02 Å². The van der Waals surface area contributed by atoms with E-state index >= 15 is 0 Å². The van der Waals surface area contributed by atoms with Gasteiger partial charge in [0.15, 0.2) is 0 Å². The lowest BCUT2D eigenvalue weighted by molar-refractivity contribution is -0.384. The zero-order chi connectivity index (χ0) is 14.0. The molecule has 6 heteroatoms. The maximum Gasteiger partial charge on any atom is 0.336 e. The van der Waals surface area contributed by atoms with Crippen molar-refractivity contribution in [1.29, 1.82) is 0 Å². The molecule has 0 fully saturated rings. The maximum atomic E-state index is 11.2. The van der Waals surface area contributed by atoms with E-state index in [9.17, 15) is 14.9 Å². The number of carboxylic acids is 1. The molecule has 0 amide bonds. The molecule has 1 N–H and O–H groups in total. The van der Waals surface area contributed by atoms with Crippen molar-refractivity contribution in [3.8, 4) is 11.1 Å². The zero-order valence-corrected chi connectivity index (χ0v) is 10.3. The summed E-state index contributed by atoms with van der Waals surface area (Å²) in [4.78, 5) is 21.4. The molecule has 0 saturated heterocycles. The Labute approximate surface area is 113 Å². The number of aromatic carboxylic acids is 1. The molecule has 0 saturated carbocycles. The summed E-state index contributed by atoms with van der Waals surface area (Å²) in [5, 5.41) is 20.2. The molecule has 19 heavy (non-hydrogen) atoms. The number of halogens is 1. The second-order valence-corrected chi connectivity index (χ2v) is 4.24. The summed E-state index contributed by atoms with van der Waals surface area (Å²) < 4.78 is 0. The second kappa shape index (κ2) is 5.07. The number of nitro benzene ring substituents is 1. The van der Waals surface area contributed by atoms with Gasteiger partial charge in [-0.2, -0.15) is 0 Å². The van der Waals surface area contributed by atoms with E-state index in [4.69, 9.17) is 16.7 Å². The van der Waals surface area contributed by atoms with Gasteiger partial charge >= 0.3 is 5.97 Å². The van der Waals surface area contributed by atoms with Gasteiger partial charge in [0.2, 0.25) is 0 Å². The Hall–Kier alpha value is -2.40. The highest BCUT2D eigenvalue weighted by Gasteiger charge is 2.14. The van der Waals surface area contributed by atoms with Crippen LogP contribution < -0.4 is 0 Å². The molecule has 2 rings (SSSR count). The Kier molecular flexibility index (Phi) is 3.48. The first-order valence-corrected chi connectivity index (χ1v) is 5.64. The maximum absolute atomic E-state index is 11.2. The third-order valence-electron chi connectivity index (χ3n) is 2.58. The summed E-state index contributed by atoms with van der Waals surface area (Å²) in [6.45, 7) is 0. The standard InChI is InChI=1S/C13H8ClNO4/c14-9-4-5-11(12(7-9)13(16)17)8-2-1-3-10(6-8)15(18)19/h1-7H,(H,16,17). The molecule has 0 heterocycles. The quantitative estimate of drug-likeness (QED) is 0.686. The molecule has 2 aromatic carbocycles. The Bertz CT molecular complexity index is 669. The highest BCUT2D eigenvalue weighted by molar-refractivity contribution is 6.31. The minimum atomic E-state index is -1.14. The average molecular weight is 278 g/mol. The molecule has 0 aliphatic rings. The zero-order valence-electron chi connectivity index (χ0n) is 9.54. The van der Waals surface area contributed by atoms with E-state index in [0.717, 1.165) is 0 Å². The summed E-state index contributed by atoms with van der Waals surface area (Å²) >= 11 is 5.76. The molecule has 0 atom stereocenters. The van der Waals surface area contributed by atoms with Crippen LogP contribution in [0, 0.1) is 10.1 Å². The highest BCUT2D eigenvalue weighted by atomic mass is 35.5. The molecule has 0 aromatic heterocycles. The van der Waals surface area contributed by atoms with Crippen LogP contribution in [-0.4, -0.2) is 16.0 Å². The van der Waals surface area contributed by atoms with Crippen molar-refractivity contribution in [1.82, 2.24) is 0 Å². The summed E-state index contributed by atoms with van der Waals surface area (Å²) in [5.41, 5.74) is 0.764. The molecule has 2 aromatic rings. The molecular weight excluding hydrogens is 270 g/mol. The lowest BCUT2D eigenvalue weighted by atomic mass is 9.99. The lowest BCUT2D eigenvalue weighted by Crippen LogP contribution is -1.99. The first kappa shape index (κ1) is 13.0. The monoisotopic (exact) mass is 277 g/mol. The van der Waals surface area contributed by atoms with E-state index in [2.05, 4.69) is 0 Å². The van der Waals surface area contributed by atoms with Gasteiger partial charge in [-0.15, -0.1) is 0 Å². The van der Waals surface area contributed by atoms with Crippen LogP contribution in [0.25, 0.3) is 11.1 Å². The van der Waals surface area contributed by atoms with Crippen molar-refractivity contribution < 1.29 is 14.8 Å². The van der Waals surface area contributed by atoms with Crippen LogP contribution in [0.3, 0.4) is 0 Å². The SMILES string of the molecule is O=C(O)c1cc(Cl)ccc1-c1cccc([N+](=O)[O-])c1. The third-order valence-corrected chi connectivity index (χ3v) is 2.82. The fraction of sp³-hybridized carbons (Fsp3) is 0. The predicted molar refractivity (Wildman–Crippen MR) is 70.5 cm³/mol. The van der Waals surface area contributed by atoms with Gasteiger partial charge in [-0.3, -0.25) is 10.1 Å². The van der Waals surface area contributed by atoms with Crippen LogP contribution in [0.1, 0.15) is 10.4 Å². The lowest BCUT2D eigenvalue weighted by Gasteiger charge is -2.06. The molecule has 0 aliphatic heterocycles. The van der Waals surface area contributed by atoms with Crippen LogP contribution in [0.5, 0.6) is 0 Å². The van der Waals surface area contributed by atoms with Crippen molar-refractivity contribution in [3.63, 3.8) is 0 Å². The van der Waals surface area contributed by atoms with Crippen molar-refractivity contribution in [2.75, 3.05) is 0 Å². The second-order valence-electron chi connectivity index (χ2n) is 3.80. The molecule has 96 valence electrons. The number of hydrogen-bond donors (Lipinski definition) is 1. The Morgan fingerprint density at radius 3 is 2.58 bits per heavy atom. The van der Waals surface area contributed by atoms with E-state index in [-0.39, 0.29) is 11.3 Å². The van der Waals surface area contributed by atoms with Crippen LogP contribution in [0.4, 0.5) is 5.69 Å². The van der Waals surface area contributed by atoms with E-state index < -0.39 is 10.9 Å². The average Bonchev–Trinajstić information content (AvgIpc) is 2.38. The fourth-order valence-corrected chi connectivity index (χ4v) is 1.90. The Morgan fingerprint density at radius 1 is 1.21 bits per heavy atom. The number of nitro groups is 1. The molecule has 0 unspecified atom stereocenters. The number of non-ortho nitro benzene ring substituents is 1. The van der Waals surface area contributed by atoms with Gasteiger partial charge < -0.3 is 5.11 Å². The molecule has 0 radical (unpaired) electrons. The molecule has 0 bridgehead atoms. The first-order valence-electron chi connectivity index (χ1n) is 5.26. The number of rotatable bonds is 3. The van der Waals surface area contributed by atoms with Gasteiger partial charge in [0.25, 0.3) is 5.69 Å². The number of hydrogen-bond acceptors (Lipinski definition) is 3. The highest BCUT2D eigenvalue weighted by Crippen LogP contribution is 2.29. The van der Waals surface area contributed by atoms with E-state index in [1.54, 1.807) is 12.1 Å². The van der Waals surface area contributed by atoms with Crippen molar-refractivity contribution in [2.24, 2.45) is 0 Å². The van der Waals surface area contributed by atoms with Crippen LogP contribution in [0.15, 0.2) is 42.5 Å². The minimum Gasteiger partial charge on any atom is -0.478 e. The number of carbonyl (C=O) groups is 1. The molecule has 0 spiro atoms. The van der Waals surface area contributed by atoms with Gasteiger partial charge in [0.05, 0.1) is 10.5 Å². The normalized spacial score (nSPS) is 10.2. The van der Waals surface area contributed by atoms with E-state index in [0.29, 0.717) is 16.1 Å². The van der Waals surface area contributed by atoms with Gasteiger partial charge in [-0.1, -0.05) is 29.8 Å². The summed E-state index contributed by atoms with van der Waals surface area (Å²) in [7, 11) is 0. The Morgan fingerprint density at radius 2 is 1.95 bits per heavy atom. The number of nitrogens with zero attached hydrogens (tertiary/aromatic N) is 1. The van der Waals surface area contributed by atoms with Gasteiger partial charge in [-0.25, -0.2) is 4.79 Å². The summed E-state index contributed by atoms with van der Waals surface area (Å²) in [5.74, 6) is -1.14. The van der Waals surface area contributed by atoms with Crippen molar-refractivity contribution >= 4 is 23.3 Å². The van der Waals surface area contributed by atoms with Gasteiger partial charge in [0.1, 0.15) is 0 Å². The topological polar surface area (TPSA) is 80.4 Å². The molecule has 5 nitrogen and oxygen atoms in total. The van der Waals surface area contributed by atoms with E-state index in [1.165, 1.54) is 30.3 Å². The largest absolute Gasteiger partial charge is 0.478 e. The summed E-state index contributed by atoms with van der Waals surface area (Å²) in [6, 6.07) is 10.2. The van der Waals surface area contributed by atoms with Crippen LogP contribution in [-0.2, 0) is 0 Å². The fourth-order valence-electron chi connectivity index (χ4n) is 1.73. The smallest absolute Gasteiger partial charge is 0.336 e. The molecular formula is C13H8ClNO4. The summed E-state index contributed by atoms with van der Waals surface area (Å²) in [6.07, 6.45) is 0. The minimum absolute atomic E-state index is 0.00741. The Balaban J connectivity index is 2.61. The van der Waals surface area contributed by atoms with Crippen molar-refractivity contribution in [2.45, 2.75) is 0 Å². The van der Waals surface area contributed by atoms with Gasteiger partial charge in [-0.05, 0) is 23.3 Å². The van der Waals surface area contributed by atoms with Gasteiger partial charge in [0, 0.05) is 17.2 Å². The van der Waals surface area contributed by atoms with Crippen molar-refractivity contribution in [3.05, 3.63) is 63.2 Å². The van der Waals surface area contributed by atoms with Crippen LogP contribution >= 0.6 is 11.6 Å². The first-order chi connectivity index (χ1) is 8.99. The van der Waals surface area contributed by atoms with E-state index in [1.807, 2.05) is 0 Å².